The number of nitrogens with one attached hydrogen (secondary N) is 1. The standard InChI is InChI=1S/C22H21F3N6O5/c1-3-36-20(32)15-11-14(12-26)19(28-18(15)22(23,24)25)29-7-9-30(10-8-29)21(33)27-16-5-4-6-17(13(16)2)31(34)35/h4-6,11H,3,7-10H2,1-2H3,(H,27,33). The van der Waals surface area contributed by atoms with E-state index in [1.807, 2.05) is 0 Å². The van der Waals surface area contributed by atoms with Crippen LogP contribution >= 0.6 is 0 Å². The second-order valence-corrected chi connectivity index (χ2v) is 7.70. The van der Waals surface area contributed by atoms with Gasteiger partial charge in [0, 0.05) is 32.2 Å². The van der Waals surface area contributed by atoms with Crippen molar-refractivity contribution in [3.63, 3.8) is 0 Å². The number of rotatable bonds is 5. The molecule has 14 heteroatoms. The summed E-state index contributed by atoms with van der Waals surface area (Å²) in [5.41, 5.74) is -2.17. The number of anilines is 2. The highest BCUT2D eigenvalue weighted by atomic mass is 19.4. The number of nitrogens with zero attached hydrogens (tertiary/aromatic N) is 5. The first-order valence-corrected chi connectivity index (χ1v) is 10.7. The fraction of sp³-hybridized carbons (Fsp3) is 0.364. The minimum absolute atomic E-state index is 0.0546. The predicted molar refractivity (Wildman–Crippen MR) is 121 cm³/mol. The van der Waals surface area contributed by atoms with E-state index in [4.69, 9.17) is 0 Å². The molecule has 3 rings (SSSR count). The Bertz CT molecular complexity index is 1240. The zero-order valence-corrected chi connectivity index (χ0v) is 19.3. The molecule has 0 unspecified atom stereocenters. The van der Waals surface area contributed by atoms with Crippen molar-refractivity contribution < 1.29 is 32.4 Å². The van der Waals surface area contributed by atoms with Gasteiger partial charge in [0.15, 0.2) is 5.69 Å². The lowest BCUT2D eigenvalue weighted by Gasteiger charge is -2.36. The van der Waals surface area contributed by atoms with Crippen LogP contribution in [0.1, 0.15) is 34.1 Å². The van der Waals surface area contributed by atoms with E-state index in [0.717, 1.165) is 6.07 Å². The van der Waals surface area contributed by atoms with Gasteiger partial charge in [0.2, 0.25) is 0 Å². The maximum atomic E-state index is 13.6. The van der Waals surface area contributed by atoms with E-state index in [9.17, 15) is 38.1 Å². The largest absolute Gasteiger partial charge is 0.462 e. The number of nitriles is 1. The van der Waals surface area contributed by atoms with Gasteiger partial charge in [0.25, 0.3) is 5.69 Å². The Labute approximate surface area is 203 Å². The summed E-state index contributed by atoms with van der Waals surface area (Å²) in [5.74, 6) is -1.49. The molecule has 190 valence electrons. The number of amides is 2. The second-order valence-electron chi connectivity index (χ2n) is 7.70. The Morgan fingerprint density at radius 2 is 1.94 bits per heavy atom. The quantitative estimate of drug-likeness (QED) is 0.367. The number of hydrogen-bond acceptors (Lipinski definition) is 8. The van der Waals surface area contributed by atoms with Crippen molar-refractivity contribution in [3.8, 4) is 6.07 Å². The number of pyridine rings is 1. The molecule has 1 saturated heterocycles. The zero-order chi connectivity index (χ0) is 26.6. The monoisotopic (exact) mass is 506 g/mol. The van der Waals surface area contributed by atoms with Crippen molar-refractivity contribution >= 4 is 29.2 Å². The summed E-state index contributed by atoms with van der Waals surface area (Å²) in [7, 11) is 0. The van der Waals surface area contributed by atoms with Crippen LogP contribution in [0.4, 0.5) is 35.2 Å². The Hall–Kier alpha value is -4.41. The molecule has 1 N–H and O–H groups in total. The number of benzene rings is 1. The van der Waals surface area contributed by atoms with Crippen molar-refractivity contribution in [1.82, 2.24) is 9.88 Å². The molecule has 0 saturated carbocycles. The number of halogens is 3. The molecule has 1 fully saturated rings. The van der Waals surface area contributed by atoms with Gasteiger partial charge in [0.05, 0.1) is 33.9 Å². The van der Waals surface area contributed by atoms with Crippen molar-refractivity contribution in [2.75, 3.05) is 43.0 Å². The first kappa shape index (κ1) is 26.2. The Morgan fingerprint density at radius 1 is 1.28 bits per heavy atom. The number of urea groups is 1. The van der Waals surface area contributed by atoms with Gasteiger partial charge < -0.3 is 19.9 Å². The second kappa shape index (κ2) is 10.5. The van der Waals surface area contributed by atoms with Gasteiger partial charge in [-0.1, -0.05) is 6.07 Å². The lowest BCUT2D eigenvalue weighted by atomic mass is 10.1. The molecule has 1 aliphatic heterocycles. The van der Waals surface area contributed by atoms with E-state index < -0.39 is 34.4 Å². The number of ether oxygens (including phenoxy) is 1. The molecular weight excluding hydrogens is 485 g/mol. The number of alkyl halides is 3. The van der Waals surface area contributed by atoms with Gasteiger partial charge in [-0.15, -0.1) is 0 Å². The third-order valence-corrected chi connectivity index (χ3v) is 5.50. The molecule has 1 aromatic carbocycles. The number of carbonyl (C=O) groups is 2. The Morgan fingerprint density at radius 3 is 2.50 bits per heavy atom. The number of nitro groups is 1. The van der Waals surface area contributed by atoms with E-state index >= 15 is 0 Å². The van der Waals surface area contributed by atoms with E-state index in [1.165, 1.54) is 41.8 Å². The van der Waals surface area contributed by atoms with Crippen LogP contribution < -0.4 is 10.2 Å². The molecule has 11 nitrogen and oxygen atoms in total. The highest BCUT2D eigenvalue weighted by Gasteiger charge is 2.40. The minimum atomic E-state index is -4.97. The van der Waals surface area contributed by atoms with Crippen LogP contribution in [0.3, 0.4) is 0 Å². The first-order valence-electron chi connectivity index (χ1n) is 10.7. The maximum absolute atomic E-state index is 13.6. The van der Waals surface area contributed by atoms with Crippen LogP contribution in [0, 0.1) is 28.4 Å². The number of hydrogen-bond donors (Lipinski definition) is 1. The third-order valence-electron chi connectivity index (χ3n) is 5.50. The third kappa shape index (κ3) is 5.45. The predicted octanol–water partition coefficient (Wildman–Crippen LogP) is 3.72. The molecule has 0 aliphatic carbocycles. The molecule has 36 heavy (non-hydrogen) atoms. The molecule has 2 heterocycles. The Kier molecular flexibility index (Phi) is 7.62. The highest BCUT2D eigenvalue weighted by Crippen LogP contribution is 2.34. The number of carbonyl (C=O) groups excluding carboxylic acids is 2. The van der Waals surface area contributed by atoms with E-state index in [1.54, 1.807) is 6.07 Å². The topological polar surface area (TPSA) is 142 Å². The lowest BCUT2D eigenvalue weighted by Crippen LogP contribution is -2.50. The van der Waals surface area contributed by atoms with E-state index in [2.05, 4.69) is 15.0 Å². The van der Waals surface area contributed by atoms with E-state index in [0.29, 0.717) is 0 Å². The minimum Gasteiger partial charge on any atom is -0.462 e. The summed E-state index contributed by atoms with van der Waals surface area (Å²) in [6.45, 7) is 3.05. The van der Waals surface area contributed by atoms with Gasteiger partial charge >= 0.3 is 18.2 Å². The van der Waals surface area contributed by atoms with Gasteiger partial charge in [0.1, 0.15) is 11.9 Å². The van der Waals surface area contributed by atoms with Crippen LogP contribution in [0.15, 0.2) is 24.3 Å². The fourth-order valence-corrected chi connectivity index (χ4v) is 3.68. The van der Waals surface area contributed by atoms with Crippen molar-refractivity contribution in [2.45, 2.75) is 20.0 Å². The Balaban J connectivity index is 1.79. The van der Waals surface area contributed by atoms with Crippen LogP contribution in [0.2, 0.25) is 0 Å². The number of esters is 1. The molecule has 0 bridgehead atoms. The molecule has 0 spiro atoms. The van der Waals surface area contributed by atoms with Crippen LogP contribution in [0.25, 0.3) is 0 Å². The van der Waals surface area contributed by atoms with Gasteiger partial charge in [-0.05, 0) is 26.0 Å². The summed E-state index contributed by atoms with van der Waals surface area (Å²) in [6, 6.07) is 6.31. The molecule has 2 aromatic rings. The summed E-state index contributed by atoms with van der Waals surface area (Å²) in [6.07, 6.45) is -4.97. The van der Waals surface area contributed by atoms with Crippen molar-refractivity contribution in [1.29, 1.82) is 5.26 Å². The zero-order valence-electron chi connectivity index (χ0n) is 19.3. The summed E-state index contributed by atoms with van der Waals surface area (Å²) in [4.78, 5) is 41.7. The number of aromatic nitrogens is 1. The average molecular weight is 506 g/mol. The molecule has 2 amide bonds. The summed E-state index contributed by atoms with van der Waals surface area (Å²) < 4.78 is 45.6. The van der Waals surface area contributed by atoms with Crippen molar-refractivity contribution in [2.24, 2.45) is 0 Å². The van der Waals surface area contributed by atoms with Gasteiger partial charge in [-0.3, -0.25) is 10.1 Å². The summed E-state index contributed by atoms with van der Waals surface area (Å²) >= 11 is 0. The van der Waals surface area contributed by atoms with Gasteiger partial charge in [-0.2, -0.15) is 18.4 Å². The smallest absolute Gasteiger partial charge is 0.434 e. The number of piperazine rings is 1. The van der Waals surface area contributed by atoms with Gasteiger partial charge in [-0.25, -0.2) is 14.6 Å². The fourth-order valence-electron chi connectivity index (χ4n) is 3.68. The molecular formula is C22H21F3N6O5. The molecule has 0 radical (unpaired) electrons. The SMILES string of the molecule is CCOC(=O)c1cc(C#N)c(N2CCN(C(=O)Nc3cccc([N+](=O)[O-])c3C)CC2)nc1C(F)(F)F. The number of nitro benzene ring substituents is 1. The summed E-state index contributed by atoms with van der Waals surface area (Å²) in [5, 5.41) is 23.2. The van der Waals surface area contributed by atoms with E-state index in [-0.39, 0.29) is 61.1 Å². The van der Waals surface area contributed by atoms with Crippen LogP contribution in [-0.2, 0) is 10.9 Å². The van der Waals surface area contributed by atoms with Crippen molar-refractivity contribution in [3.05, 3.63) is 56.8 Å². The average Bonchev–Trinajstić information content (AvgIpc) is 2.84. The van der Waals surface area contributed by atoms with Crippen LogP contribution in [-0.4, -0.2) is 59.6 Å². The highest BCUT2D eigenvalue weighted by molar-refractivity contribution is 5.92. The molecule has 0 atom stereocenters. The normalized spacial score (nSPS) is 13.7. The first-order chi connectivity index (χ1) is 17.0. The maximum Gasteiger partial charge on any atom is 0.434 e. The lowest BCUT2D eigenvalue weighted by molar-refractivity contribution is -0.385. The van der Waals surface area contributed by atoms with Crippen LogP contribution in [0.5, 0.6) is 0 Å². The molecule has 1 aromatic heterocycles. The molecule has 1 aliphatic rings.